The van der Waals surface area contributed by atoms with Crippen molar-refractivity contribution in [3.05, 3.63) is 78.1 Å². The molecule has 1 amide bonds. The maximum atomic E-state index is 12.7. The largest absolute Gasteiger partial charge is 0.508 e. The number of esters is 1. The number of carbonyl (C=O) groups excluding carboxylic acids is 2. The molecule has 0 fully saturated rings. The van der Waals surface area contributed by atoms with E-state index in [9.17, 15) is 19.8 Å². The summed E-state index contributed by atoms with van der Waals surface area (Å²) in [6, 6.07) is 16.8. The van der Waals surface area contributed by atoms with E-state index >= 15 is 0 Å². The van der Waals surface area contributed by atoms with E-state index < -0.39 is 11.9 Å². The summed E-state index contributed by atoms with van der Waals surface area (Å²) in [5.74, 6) is -1.37. The van der Waals surface area contributed by atoms with Crippen molar-refractivity contribution in [2.75, 3.05) is 7.11 Å². The van der Waals surface area contributed by atoms with Gasteiger partial charge in [-0.05, 0) is 54.1 Å². The van der Waals surface area contributed by atoms with Crippen LogP contribution in [0.15, 0.2) is 66.7 Å². The van der Waals surface area contributed by atoms with Crippen molar-refractivity contribution in [2.45, 2.75) is 0 Å². The van der Waals surface area contributed by atoms with Gasteiger partial charge in [-0.3, -0.25) is 4.79 Å². The Morgan fingerprint density at radius 1 is 0.939 bits per heavy atom. The first-order chi connectivity index (χ1) is 15.9. The molecule has 0 aliphatic heterocycles. The van der Waals surface area contributed by atoms with Gasteiger partial charge in [0.25, 0.3) is 5.91 Å². The normalized spacial score (nSPS) is 10.6. The number of methoxy groups -OCH3 is 1. The summed E-state index contributed by atoms with van der Waals surface area (Å²) in [4.78, 5) is 24.5. The highest BCUT2D eigenvalue weighted by Crippen LogP contribution is 2.32. The van der Waals surface area contributed by atoms with E-state index in [0.717, 1.165) is 0 Å². The van der Waals surface area contributed by atoms with Crippen molar-refractivity contribution in [3.8, 4) is 40.1 Å². The smallest absolute Gasteiger partial charge is 0.345 e. The van der Waals surface area contributed by atoms with Crippen LogP contribution in [0.1, 0.15) is 21.0 Å². The summed E-state index contributed by atoms with van der Waals surface area (Å²) in [5.41, 5.74) is 7.14. The summed E-state index contributed by atoms with van der Waals surface area (Å²) in [7, 11) is 1.52. The number of amides is 1. The number of phenols is 2. The fraction of sp³-hybridized carbons (Fsp3) is 0.0435. The molecule has 0 saturated carbocycles. The minimum Gasteiger partial charge on any atom is -0.508 e. The molecule has 3 aromatic carbocycles. The molecule has 166 valence electrons. The van der Waals surface area contributed by atoms with Crippen LogP contribution in [0.4, 0.5) is 0 Å². The Kier molecular flexibility index (Phi) is 5.64. The zero-order valence-corrected chi connectivity index (χ0v) is 17.3. The number of rotatable bonds is 6. The van der Waals surface area contributed by atoms with Gasteiger partial charge in [0.1, 0.15) is 17.2 Å². The SMILES string of the molecule is COc1ccc(-n2c(OC(=O)c3ccc(-c4ccc(O)cc4O)cc3)nnc2C(N)=O)cc1. The molecule has 0 saturated heterocycles. The average molecular weight is 446 g/mol. The molecule has 10 heteroatoms. The summed E-state index contributed by atoms with van der Waals surface area (Å²) >= 11 is 0. The molecule has 0 unspecified atom stereocenters. The number of carbonyl (C=O) groups is 2. The first kappa shape index (κ1) is 21.4. The van der Waals surface area contributed by atoms with Crippen molar-refractivity contribution in [3.63, 3.8) is 0 Å². The second kappa shape index (κ2) is 8.71. The molecular weight excluding hydrogens is 428 g/mol. The number of benzene rings is 3. The van der Waals surface area contributed by atoms with E-state index in [1.54, 1.807) is 42.5 Å². The number of nitrogens with zero attached hydrogens (tertiary/aromatic N) is 3. The number of hydrogen-bond acceptors (Lipinski definition) is 8. The minimum atomic E-state index is -0.848. The quantitative estimate of drug-likeness (QED) is 0.383. The molecule has 4 rings (SSSR count). The molecule has 0 atom stereocenters. The molecular formula is C23H18N4O6. The van der Waals surface area contributed by atoms with Gasteiger partial charge in [-0.2, -0.15) is 0 Å². The van der Waals surface area contributed by atoms with Gasteiger partial charge >= 0.3 is 12.0 Å². The van der Waals surface area contributed by atoms with Gasteiger partial charge in [0.05, 0.1) is 18.4 Å². The predicted molar refractivity (Wildman–Crippen MR) is 117 cm³/mol. The Balaban J connectivity index is 1.61. The lowest BCUT2D eigenvalue weighted by molar-refractivity contribution is 0.0714. The van der Waals surface area contributed by atoms with Crippen molar-refractivity contribution in [2.24, 2.45) is 5.73 Å². The number of phenolic OH excluding ortho intramolecular Hbond substituents is 2. The summed E-state index contributed by atoms with van der Waals surface area (Å²) < 4.78 is 11.7. The monoisotopic (exact) mass is 446 g/mol. The molecule has 4 N–H and O–H groups in total. The number of hydrogen-bond donors (Lipinski definition) is 3. The van der Waals surface area contributed by atoms with Crippen LogP contribution in [0.3, 0.4) is 0 Å². The zero-order valence-electron chi connectivity index (χ0n) is 17.3. The molecule has 10 nitrogen and oxygen atoms in total. The van der Waals surface area contributed by atoms with Crippen LogP contribution >= 0.6 is 0 Å². The van der Waals surface area contributed by atoms with Crippen molar-refractivity contribution in [1.29, 1.82) is 0 Å². The Morgan fingerprint density at radius 3 is 2.24 bits per heavy atom. The Morgan fingerprint density at radius 2 is 1.64 bits per heavy atom. The molecule has 0 aliphatic carbocycles. The molecule has 0 bridgehead atoms. The van der Waals surface area contributed by atoms with E-state index in [-0.39, 0.29) is 28.9 Å². The van der Waals surface area contributed by atoms with Crippen LogP contribution < -0.4 is 15.2 Å². The number of nitrogens with two attached hydrogens (primary N) is 1. The number of aromatic hydroxyl groups is 2. The van der Waals surface area contributed by atoms with E-state index in [1.807, 2.05) is 0 Å². The van der Waals surface area contributed by atoms with Crippen LogP contribution in [0, 0.1) is 0 Å². The Hall–Kier alpha value is -4.86. The number of aromatic nitrogens is 3. The van der Waals surface area contributed by atoms with Gasteiger partial charge in [-0.25, -0.2) is 9.36 Å². The maximum absolute atomic E-state index is 12.7. The van der Waals surface area contributed by atoms with Crippen LogP contribution in [0.5, 0.6) is 23.3 Å². The molecule has 4 aromatic rings. The molecule has 0 spiro atoms. The molecule has 0 radical (unpaired) electrons. The van der Waals surface area contributed by atoms with E-state index in [0.29, 0.717) is 22.6 Å². The average Bonchev–Trinajstić information content (AvgIpc) is 3.23. The van der Waals surface area contributed by atoms with E-state index in [4.69, 9.17) is 15.2 Å². The molecule has 0 aliphatic rings. The molecule has 1 aromatic heterocycles. The second-order valence-corrected chi connectivity index (χ2v) is 6.87. The van der Waals surface area contributed by atoms with Crippen LogP contribution in [0.25, 0.3) is 16.8 Å². The van der Waals surface area contributed by atoms with Crippen molar-refractivity contribution < 1.29 is 29.3 Å². The molecule has 33 heavy (non-hydrogen) atoms. The summed E-state index contributed by atoms with van der Waals surface area (Å²) in [6.07, 6.45) is 0. The Labute approximate surface area is 187 Å². The van der Waals surface area contributed by atoms with Crippen LogP contribution in [-0.2, 0) is 0 Å². The van der Waals surface area contributed by atoms with Crippen molar-refractivity contribution in [1.82, 2.24) is 14.8 Å². The van der Waals surface area contributed by atoms with Crippen LogP contribution in [-0.4, -0.2) is 44.0 Å². The topological polar surface area (TPSA) is 150 Å². The lowest BCUT2D eigenvalue weighted by Crippen LogP contribution is -2.19. The standard InChI is InChI=1S/C23H18N4O6/c1-32-17-9-6-15(7-10-17)27-21(20(24)30)25-26-23(27)33-22(31)14-4-2-13(3-5-14)18-11-8-16(28)12-19(18)29/h2-12,28-29H,1H3,(H2,24,30). The Bertz CT molecular complexity index is 1330. The van der Waals surface area contributed by atoms with Gasteiger partial charge in [0.2, 0.25) is 5.82 Å². The maximum Gasteiger partial charge on any atom is 0.345 e. The lowest BCUT2D eigenvalue weighted by Gasteiger charge is -2.10. The highest BCUT2D eigenvalue weighted by Gasteiger charge is 2.22. The zero-order chi connectivity index (χ0) is 23.5. The highest BCUT2D eigenvalue weighted by atomic mass is 16.6. The first-order valence-corrected chi connectivity index (χ1v) is 9.61. The number of primary amides is 1. The summed E-state index contributed by atoms with van der Waals surface area (Å²) in [6.45, 7) is 0. The van der Waals surface area contributed by atoms with Crippen LogP contribution in [0.2, 0.25) is 0 Å². The second-order valence-electron chi connectivity index (χ2n) is 6.87. The van der Waals surface area contributed by atoms with Gasteiger partial charge in [0, 0.05) is 11.6 Å². The summed E-state index contributed by atoms with van der Waals surface area (Å²) in [5, 5.41) is 27.0. The number of ether oxygens (including phenoxy) is 2. The lowest BCUT2D eigenvalue weighted by atomic mass is 10.0. The van der Waals surface area contributed by atoms with Gasteiger partial charge in [-0.15, -0.1) is 5.10 Å². The van der Waals surface area contributed by atoms with Gasteiger partial charge < -0.3 is 25.4 Å². The fourth-order valence-corrected chi connectivity index (χ4v) is 3.15. The van der Waals surface area contributed by atoms with E-state index in [1.165, 1.54) is 35.9 Å². The highest BCUT2D eigenvalue weighted by molar-refractivity contribution is 5.92. The minimum absolute atomic E-state index is 0.0623. The fourth-order valence-electron chi connectivity index (χ4n) is 3.15. The third-order valence-corrected chi connectivity index (χ3v) is 4.78. The van der Waals surface area contributed by atoms with Crippen molar-refractivity contribution >= 4 is 11.9 Å². The third kappa shape index (κ3) is 4.30. The van der Waals surface area contributed by atoms with Gasteiger partial charge in [0.15, 0.2) is 0 Å². The predicted octanol–water partition coefficient (Wildman–Crippen LogP) is 2.67. The first-order valence-electron chi connectivity index (χ1n) is 9.61. The third-order valence-electron chi connectivity index (χ3n) is 4.78. The van der Waals surface area contributed by atoms with Gasteiger partial charge in [-0.1, -0.05) is 17.2 Å². The molecule has 1 heterocycles. The van der Waals surface area contributed by atoms with E-state index in [2.05, 4.69) is 10.2 Å².